The number of carboxylic acid groups (broad SMARTS) is 1. The zero-order chi connectivity index (χ0) is 13.7. The zero-order valence-corrected chi connectivity index (χ0v) is 12.2. The van der Waals surface area contributed by atoms with E-state index in [9.17, 15) is 4.79 Å². The first-order chi connectivity index (χ1) is 9.69. The van der Waals surface area contributed by atoms with Crippen molar-refractivity contribution in [2.75, 3.05) is 32.7 Å². The third-order valence-corrected chi connectivity index (χ3v) is 6.36. The number of carboxylic acids is 1. The van der Waals surface area contributed by atoms with Gasteiger partial charge in [0, 0.05) is 32.2 Å². The largest absolute Gasteiger partial charge is 0.480 e. The quantitative estimate of drug-likeness (QED) is 0.850. The minimum Gasteiger partial charge on any atom is -0.480 e. The lowest BCUT2D eigenvalue weighted by atomic mass is 9.54. The first-order valence-corrected chi connectivity index (χ1v) is 8.37. The van der Waals surface area contributed by atoms with Gasteiger partial charge < -0.3 is 5.11 Å². The molecule has 0 spiro atoms. The fourth-order valence-corrected chi connectivity index (χ4v) is 5.90. The van der Waals surface area contributed by atoms with Gasteiger partial charge in [0.25, 0.3) is 0 Å². The molecular formula is C16H26N2O2. The second-order valence-corrected chi connectivity index (χ2v) is 7.63. The van der Waals surface area contributed by atoms with Crippen LogP contribution in [0.1, 0.15) is 32.1 Å². The third-order valence-electron chi connectivity index (χ3n) is 6.36. The SMILES string of the molecule is O=C(O)CN1CCN(C2C3CC4CC(C3)CC2C4)CC1. The van der Waals surface area contributed by atoms with Crippen molar-refractivity contribution < 1.29 is 9.90 Å². The number of hydrogen-bond donors (Lipinski definition) is 1. The smallest absolute Gasteiger partial charge is 0.317 e. The monoisotopic (exact) mass is 278 g/mol. The van der Waals surface area contributed by atoms with Gasteiger partial charge >= 0.3 is 5.97 Å². The van der Waals surface area contributed by atoms with Crippen molar-refractivity contribution in [3.05, 3.63) is 0 Å². The number of nitrogens with zero attached hydrogens (tertiary/aromatic N) is 2. The minimum absolute atomic E-state index is 0.218. The van der Waals surface area contributed by atoms with Crippen molar-refractivity contribution in [1.29, 1.82) is 0 Å². The Morgan fingerprint density at radius 2 is 1.45 bits per heavy atom. The fraction of sp³-hybridized carbons (Fsp3) is 0.938. The predicted octanol–water partition coefficient (Wildman–Crippen LogP) is 1.51. The summed E-state index contributed by atoms with van der Waals surface area (Å²) in [6.45, 7) is 4.26. The summed E-state index contributed by atoms with van der Waals surface area (Å²) in [5.41, 5.74) is 0. The maximum Gasteiger partial charge on any atom is 0.317 e. The number of carbonyl (C=O) groups is 1. The lowest BCUT2D eigenvalue weighted by Crippen LogP contribution is -2.60. The van der Waals surface area contributed by atoms with Gasteiger partial charge in [-0.25, -0.2) is 0 Å². The average molecular weight is 278 g/mol. The Bertz CT molecular complexity index is 362. The van der Waals surface area contributed by atoms with Gasteiger partial charge in [-0.1, -0.05) is 0 Å². The van der Waals surface area contributed by atoms with Crippen molar-refractivity contribution in [3.63, 3.8) is 0 Å². The van der Waals surface area contributed by atoms with E-state index in [-0.39, 0.29) is 6.54 Å². The van der Waals surface area contributed by atoms with Crippen molar-refractivity contribution >= 4 is 5.97 Å². The summed E-state index contributed by atoms with van der Waals surface area (Å²) in [5, 5.41) is 8.89. The number of rotatable bonds is 3. The minimum atomic E-state index is -0.687. The molecule has 1 aliphatic heterocycles. The lowest BCUT2D eigenvalue weighted by Gasteiger charge is -2.58. The Morgan fingerprint density at radius 1 is 0.900 bits per heavy atom. The highest BCUT2D eigenvalue weighted by atomic mass is 16.4. The first kappa shape index (κ1) is 13.1. The van der Waals surface area contributed by atoms with Crippen LogP contribution in [0.15, 0.2) is 0 Å². The molecule has 4 nitrogen and oxygen atoms in total. The lowest BCUT2D eigenvalue weighted by molar-refractivity contribution is -0.139. The Balaban J connectivity index is 1.38. The summed E-state index contributed by atoms with van der Waals surface area (Å²) in [7, 11) is 0. The van der Waals surface area contributed by atoms with E-state index in [1.165, 1.54) is 32.1 Å². The van der Waals surface area contributed by atoms with E-state index < -0.39 is 5.97 Å². The molecular weight excluding hydrogens is 252 g/mol. The van der Waals surface area contributed by atoms with E-state index >= 15 is 0 Å². The highest BCUT2D eigenvalue weighted by Gasteiger charge is 2.50. The molecule has 20 heavy (non-hydrogen) atoms. The van der Waals surface area contributed by atoms with E-state index in [4.69, 9.17) is 5.11 Å². The number of hydrogen-bond acceptors (Lipinski definition) is 3. The second-order valence-electron chi connectivity index (χ2n) is 7.63. The summed E-state index contributed by atoms with van der Waals surface area (Å²) in [6, 6.07) is 0.828. The van der Waals surface area contributed by atoms with Crippen LogP contribution in [0.2, 0.25) is 0 Å². The molecule has 4 heteroatoms. The highest BCUT2D eigenvalue weighted by Crippen LogP contribution is 2.55. The molecule has 0 radical (unpaired) electrons. The van der Waals surface area contributed by atoms with Crippen molar-refractivity contribution in [2.45, 2.75) is 38.1 Å². The molecule has 4 saturated carbocycles. The molecule has 112 valence electrons. The van der Waals surface area contributed by atoms with Crippen LogP contribution in [-0.2, 0) is 4.79 Å². The molecule has 0 unspecified atom stereocenters. The summed E-state index contributed by atoms with van der Waals surface area (Å²) in [4.78, 5) is 15.6. The van der Waals surface area contributed by atoms with Gasteiger partial charge in [0.15, 0.2) is 0 Å². The molecule has 0 amide bonds. The predicted molar refractivity (Wildman–Crippen MR) is 76.5 cm³/mol. The van der Waals surface area contributed by atoms with Crippen LogP contribution in [0.25, 0.3) is 0 Å². The van der Waals surface area contributed by atoms with Crippen LogP contribution >= 0.6 is 0 Å². The molecule has 5 fully saturated rings. The van der Waals surface area contributed by atoms with Gasteiger partial charge in [0.2, 0.25) is 0 Å². The normalized spacial score (nSPS) is 44.9. The summed E-state index contributed by atoms with van der Waals surface area (Å²) in [5.74, 6) is 3.31. The van der Waals surface area contributed by atoms with E-state index in [2.05, 4.69) is 9.80 Å². The van der Waals surface area contributed by atoms with Crippen LogP contribution < -0.4 is 0 Å². The van der Waals surface area contributed by atoms with Crippen LogP contribution in [0.4, 0.5) is 0 Å². The fourth-order valence-electron chi connectivity index (χ4n) is 5.90. The molecule has 0 aromatic heterocycles. The molecule has 1 heterocycles. The molecule has 1 N–H and O–H groups in total. The van der Waals surface area contributed by atoms with Crippen LogP contribution in [0.5, 0.6) is 0 Å². The Labute approximate surface area is 121 Å². The highest BCUT2D eigenvalue weighted by molar-refractivity contribution is 5.69. The van der Waals surface area contributed by atoms with Crippen LogP contribution in [0, 0.1) is 23.7 Å². The first-order valence-electron chi connectivity index (χ1n) is 8.37. The van der Waals surface area contributed by atoms with Gasteiger partial charge in [-0.05, 0) is 55.8 Å². The van der Waals surface area contributed by atoms with Crippen LogP contribution in [-0.4, -0.2) is 59.6 Å². The van der Waals surface area contributed by atoms with Gasteiger partial charge in [0.1, 0.15) is 0 Å². The zero-order valence-electron chi connectivity index (χ0n) is 12.2. The summed E-state index contributed by atoms with van der Waals surface area (Å²) < 4.78 is 0. The van der Waals surface area contributed by atoms with Gasteiger partial charge in [-0.3, -0.25) is 14.6 Å². The third kappa shape index (κ3) is 2.27. The van der Waals surface area contributed by atoms with Gasteiger partial charge in [-0.15, -0.1) is 0 Å². The van der Waals surface area contributed by atoms with E-state index in [0.29, 0.717) is 0 Å². The molecule has 5 rings (SSSR count). The van der Waals surface area contributed by atoms with Gasteiger partial charge in [-0.2, -0.15) is 0 Å². The average Bonchev–Trinajstić information content (AvgIpc) is 2.38. The number of piperazine rings is 1. The second kappa shape index (κ2) is 4.99. The summed E-state index contributed by atoms with van der Waals surface area (Å²) >= 11 is 0. The molecule has 5 aliphatic rings. The van der Waals surface area contributed by atoms with Crippen molar-refractivity contribution in [1.82, 2.24) is 9.80 Å². The molecule has 4 aliphatic carbocycles. The number of aliphatic carboxylic acids is 1. The van der Waals surface area contributed by atoms with Crippen molar-refractivity contribution in [2.24, 2.45) is 23.7 Å². The van der Waals surface area contributed by atoms with E-state index in [1.807, 2.05) is 0 Å². The molecule has 1 saturated heterocycles. The standard InChI is InChI=1S/C16H26N2O2/c19-15(20)10-17-1-3-18(4-2-17)16-13-6-11-5-12(8-13)9-14(16)7-11/h11-14,16H,1-10H2,(H,19,20). The van der Waals surface area contributed by atoms with E-state index in [1.54, 1.807) is 0 Å². The van der Waals surface area contributed by atoms with Crippen LogP contribution in [0.3, 0.4) is 0 Å². The maximum atomic E-state index is 10.8. The molecule has 4 bridgehead atoms. The Kier molecular flexibility index (Phi) is 3.26. The molecule has 0 aromatic carbocycles. The molecule has 0 atom stereocenters. The van der Waals surface area contributed by atoms with Crippen molar-refractivity contribution in [3.8, 4) is 0 Å². The Morgan fingerprint density at radius 3 is 1.95 bits per heavy atom. The van der Waals surface area contributed by atoms with E-state index in [0.717, 1.165) is 55.9 Å². The van der Waals surface area contributed by atoms with Gasteiger partial charge in [0.05, 0.1) is 6.54 Å². The maximum absolute atomic E-state index is 10.8. The Hall–Kier alpha value is -0.610. The molecule has 0 aromatic rings. The topological polar surface area (TPSA) is 43.8 Å². The summed E-state index contributed by atoms with van der Waals surface area (Å²) in [6.07, 6.45) is 7.44.